The Balaban J connectivity index is 1.60. The highest BCUT2D eigenvalue weighted by atomic mass is 16.5. The van der Waals surface area contributed by atoms with Crippen molar-refractivity contribution in [3.63, 3.8) is 0 Å². The number of piperidine rings is 1. The fraction of sp³-hybridized carbons (Fsp3) is 0.429. The molecule has 26 heavy (non-hydrogen) atoms. The van der Waals surface area contributed by atoms with E-state index < -0.39 is 0 Å². The summed E-state index contributed by atoms with van der Waals surface area (Å²) >= 11 is 0. The van der Waals surface area contributed by atoms with E-state index in [-0.39, 0.29) is 11.9 Å². The van der Waals surface area contributed by atoms with Gasteiger partial charge >= 0.3 is 0 Å². The highest BCUT2D eigenvalue weighted by Crippen LogP contribution is 2.23. The summed E-state index contributed by atoms with van der Waals surface area (Å²) in [4.78, 5) is 19.1. The minimum atomic E-state index is -0.0301. The van der Waals surface area contributed by atoms with Crippen LogP contribution >= 0.6 is 0 Å². The van der Waals surface area contributed by atoms with Gasteiger partial charge in [-0.1, -0.05) is 20.3 Å². The standard InChI is InChI=1S/C21H27N3O2/c1-16(2)15-24-13-4-3-7-20(24)21(25)23-17-8-10-18(11-9-17)26-19-6-5-12-22-14-19/h5-6,8-12,14,16,20H,3-4,7,13,15H2,1-2H3,(H,23,25). The van der Waals surface area contributed by atoms with Crippen molar-refractivity contribution in [1.29, 1.82) is 0 Å². The summed E-state index contributed by atoms with van der Waals surface area (Å²) in [5, 5.41) is 3.06. The molecule has 5 nitrogen and oxygen atoms in total. The van der Waals surface area contributed by atoms with Gasteiger partial charge in [-0.15, -0.1) is 0 Å². The van der Waals surface area contributed by atoms with Crippen LogP contribution in [0.3, 0.4) is 0 Å². The number of nitrogens with one attached hydrogen (secondary N) is 1. The number of rotatable bonds is 6. The maximum Gasteiger partial charge on any atom is 0.241 e. The van der Waals surface area contributed by atoms with Crippen LogP contribution in [0.5, 0.6) is 11.5 Å². The van der Waals surface area contributed by atoms with Gasteiger partial charge < -0.3 is 10.1 Å². The van der Waals surface area contributed by atoms with Crippen LogP contribution in [0.4, 0.5) is 5.69 Å². The van der Waals surface area contributed by atoms with E-state index in [2.05, 4.69) is 29.0 Å². The number of ether oxygens (including phenoxy) is 1. The normalized spacial score (nSPS) is 17.9. The zero-order chi connectivity index (χ0) is 18.4. The number of amides is 1. The van der Waals surface area contributed by atoms with Crippen molar-refractivity contribution >= 4 is 11.6 Å². The number of likely N-dealkylation sites (tertiary alicyclic amines) is 1. The van der Waals surface area contributed by atoms with Crippen molar-refractivity contribution in [2.75, 3.05) is 18.4 Å². The van der Waals surface area contributed by atoms with Crippen LogP contribution in [0.1, 0.15) is 33.1 Å². The molecule has 3 rings (SSSR count). The fourth-order valence-corrected chi connectivity index (χ4v) is 3.35. The third-order valence-electron chi connectivity index (χ3n) is 4.51. The van der Waals surface area contributed by atoms with E-state index in [0.29, 0.717) is 11.7 Å². The quantitative estimate of drug-likeness (QED) is 0.840. The molecule has 0 bridgehead atoms. The smallest absolute Gasteiger partial charge is 0.241 e. The van der Waals surface area contributed by atoms with E-state index in [1.54, 1.807) is 12.4 Å². The third kappa shape index (κ3) is 5.05. The summed E-state index contributed by atoms with van der Waals surface area (Å²) in [7, 11) is 0. The minimum Gasteiger partial charge on any atom is -0.456 e. The lowest BCUT2D eigenvalue weighted by Crippen LogP contribution is -2.48. The monoisotopic (exact) mass is 353 g/mol. The molecule has 2 aromatic rings. The molecule has 1 atom stereocenters. The number of hydrogen-bond donors (Lipinski definition) is 1. The molecule has 1 fully saturated rings. The molecular weight excluding hydrogens is 326 g/mol. The lowest BCUT2D eigenvalue weighted by Gasteiger charge is -2.35. The first kappa shape index (κ1) is 18.4. The van der Waals surface area contributed by atoms with Crippen LogP contribution in [0.2, 0.25) is 0 Å². The van der Waals surface area contributed by atoms with Crippen molar-refractivity contribution < 1.29 is 9.53 Å². The molecule has 1 aliphatic rings. The number of hydrogen-bond acceptors (Lipinski definition) is 4. The van der Waals surface area contributed by atoms with E-state index in [1.165, 1.54) is 6.42 Å². The Morgan fingerprint density at radius 3 is 2.73 bits per heavy atom. The predicted octanol–water partition coefficient (Wildman–Crippen LogP) is 4.32. The van der Waals surface area contributed by atoms with Crippen LogP contribution in [0, 0.1) is 5.92 Å². The molecule has 1 amide bonds. The van der Waals surface area contributed by atoms with E-state index in [0.717, 1.165) is 37.4 Å². The largest absolute Gasteiger partial charge is 0.456 e. The molecular formula is C21H27N3O2. The van der Waals surface area contributed by atoms with E-state index in [4.69, 9.17) is 4.74 Å². The van der Waals surface area contributed by atoms with Crippen LogP contribution < -0.4 is 10.1 Å². The predicted molar refractivity (Wildman–Crippen MR) is 103 cm³/mol. The molecule has 0 spiro atoms. The highest BCUT2D eigenvalue weighted by Gasteiger charge is 2.28. The maximum absolute atomic E-state index is 12.7. The molecule has 138 valence electrons. The summed E-state index contributed by atoms with van der Waals surface area (Å²) < 4.78 is 5.73. The molecule has 0 aliphatic carbocycles. The molecule has 0 radical (unpaired) electrons. The average Bonchev–Trinajstić information content (AvgIpc) is 2.64. The van der Waals surface area contributed by atoms with Gasteiger partial charge in [0.15, 0.2) is 0 Å². The number of anilines is 1. The average molecular weight is 353 g/mol. The number of carbonyl (C=O) groups is 1. The molecule has 2 heterocycles. The number of benzene rings is 1. The zero-order valence-electron chi connectivity index (χ0n) is 15.5. The topological polar surface area (TPSA) is 54.5 Å². The number of aromatic nitrogens is 1. The number of nitrogens with zero attached hydrogens (tertiary/aromatic N) is 2. The number of pyridine rings is 1. The van der Waals surface area contributed by atoms with Crippen LogP contribution in [-0.2, 0) is 4.79 Å². The van der Waals surface area contributed by atoms with Gasteiger partial charge in [0.1, 0.15) is 11.5 Å². The van der Waals surface area contributed by atoms with Gasteiger partial charge in [0.05, 0.1) is 12.2 Å². The van der Waals surface area contributed by atoms with Crippen molar-refractivity contribution in [3.8, 4) is 11.5 Å². The zero-order valence-corrected chi connectivity index (χ0v) is 15.5. The highest BCUT2D eigenvalue weighted by molar-refractivity contribution is 5.94. The van der Waals surface area contributed by atoms with Crippen molar-refractivity contribution in [2.24, 2.45) is 5.92 Å². The van der Waals surface area contributed by atoms with Gasteiger partial charge in [-0.2, -0.15) is 0 Å². The molecule has 1 aromatic carbocycles. The Morgan fingerprint density at radius 2 is 2.04 bits per heavy atom. The van der Waals surface area contributed by atoms with Gasteiger partial charge in [-0.05, 0) is 61.7 Å². The molecule has 1 N–H and O–H groups in total. The van der Waals surface area contributed by atoms with Crippen molar-refractivity contribution in [1.82, 2.24) is 9.88 Å². The van der Waals surface area contributed by atoms with Crippen LogP contribution in [0.25, 0.3) is 0 Å². The lowest BCUT2D eigenvalue weighted by molar-refractivity contribution is -0.122. The van der Waals surface area contributed by atoms with Gasteiger partial charge in [-0.3, -0.25) is 14.7 Å². The Labute approximate surface area is 155 Å². The summed E-state index contributed by atoms with van der Waals surface area (Å²) in [6.45, 7) is 6.37. The van der Waals surface area contributed by atoms with E-state index in [1.807, 2.05) is 36.4 Å². The Kier molecular flexibility index (Phi) is 6.23. The van der Waals surface area contributed by atoms with Gasteiger partial charge in [0.25, 0.3) is 0 Å². The summed E-state index contributed by atoms with van der Waals surface area (Å²) in [5.41, 5.74) is 0.795. The summed E-state index contributed by atoms with van der Waals surface area (Å²) in [5.74, 6) is 2.06. The van der Waals surface area contributed by atoms with Crippen molar-refractivity contribution in [2.45, 2.75) is 39.2 Å². The first-order valence-corrected chi connectivity index (χ1v) is 9.34. The van der Waals surface area contributed by atoms with Gasteiger partial charge in [0, 0.05) is 18.4 Å². The molecule has 1 aromatic heterocycles. The summed E-state index contributed by atoms with van der Waals surface area (Å²) in [6.07, 6.45) is 6.60. The molecule has 1 unspecified atom stereocenters. The third-order valence-corrected chi connectivity index (χ3v) is 4.51. The second-order valence-corrected chi connectivity index (χ2v) is 7.20. The maximum atomic E-state index is 12.7. The lowest BCUT2D eigenvalue weighted by atomic mass is 9.99. The van der Waals surface area contributed by atoms with Gasteiger partial charge in [0.2, 0.25) is 5.91 Å². The molecule has 0 saturated carbocycles. The SMILES string of the molecule is CC(C)CN1CCCCC1C(=O)Nc1ccc(Oc2cccnc2)cc1. The van der Waals surface area contributed by atoms with Crippen molar-refractivity contribution in [3.05, 3.63) is 48.8 Å². The van der Waals surface area contributed by atoms with E-state index >= 15 is 0 Å². The summed E-state index contributed by atoms with van der Waals surface area (Å²) in [6, 6.07) is 11.1. The van der Waals surface area contributed by atoms with Gasteiger partial charge in [-0.25, -0.2) is 0 Å². The first-order chi connectivity index (χ1) is 12.6. The number of carbonyl (C=O) groups excluding carboxylic acids is 1. The fourth-order valence-electron chi connectivity index (χ4n) is 3.35. The van der Waals surface area contributed by atoms with Crippen LogP contribution in [-0.4, -0.2) is 34.9 Å². The Bertz CT molecular complexity index is 701. The minimum absolute atomic E-state index is 0.0301. The Morgan fingerprint density at radius 1 is 1.23 bits per heavy atom. The second kappa shape index (κ2) is 8.81. The Hall–Kier alpha value is -2.40. The van der Waals surface area contributed by atoms with Crippen LogP contribution in [0.15, 0.2) is 48.8 Å². The first-order valence-electron chi connectivity index (χ1n) is 9.34. The second-order valence-electron chi connectivity index (χ2n) is 7.20. The molecule has 1 saturated heterocycles. The molecule has 1 aliphatic heterocycles. The van der Waals surface area contributed by atoms with E-state index in [9.17, 15) is 4.79 Å². The molecule has 5 heteroatoms.